The summed E-state index contributed by atoms with van der Waals surface area (Å²) in [5.74, 6) is -0.182. The van der Waals surface area contributed by atoms with Gasteiger partial charge in [0.05, 0.1) is 17.0 Å². The van der Waals surface area contributed by atoms with E-state index in [-0.39, 0.29) is 11.7 Å². The fourth-order valence-electron chi connectivity index (χ4n) is 1.15. The first-order valence-corrected chi connectivity index (χ1v) is 6.30. The van der Waals surface area contributed by atoms with Gasteiger partial charge in [-0.3, -0.25) is 4.79 Å². The van der Waals surface area contributed by atoms with Gasteiger partial charge >= 0.3 is 5.97 Å². The SMILES string of the molecule is CC(C)(C)OC(=O)CSc1ncc(C#N)cc1N. The third-order valence-electron chi connectivity index (χ3n) is 1.75. The van der Waals surface area contributed by atoms with Gasteiger partial charge in [0.2, 0.25) is 0 Å². The average Bonchev–Trinajstić information content (AvgIpc) is 2.25. The maximum absolute atomic E-state index is 11.5. The largest absolute Gasteiger partial charge is 0.459 e. The van der Waals surface area contributed by atoms with Crippen molar-refractivity contribution in [3.8, 4) is 6.07 Å². The number of anilines is 1. The highest BCUT2D eigenvalue weighted by Gasteiger charge is 2.17. The quantitative estimate of drug-likeness (QED) is 0.664. The van der Waals surface area contributed by atoms with Crippen LogP contribution in [0.5, 0.6) is 0 Å². The summed E-state index contributed by atoms with van der Waals surface area (Å²) in [6, 6.07) is 3.48. The van der Waals surface area contributed by atoms with Crippen molar-refractivity contribution in [2.24, 2.45) is 0 Å². The fourth-order valence-corrected chi connectivity index (χ4v) is 1.82. The number of carbonyl (C=O) groups is 1. The molecule has 1 rings (SSSR count). The van der Waals surface area contributed by atoms with Crippen LogP contribution >= 0.6 is 11.8 Å². The Bertz CT molecular complexity index is 489. The normalized spacial score (nSPS) is 10.8. The second-order valence-electron chi connectivity index (χ2n) is 4.61. The molecule has 1 aromatic rings. The molecule has 6 heteroatoms. The summed E-state index contributed by atoms with van der Waals surface area (Å²) in [4.78, 5) is 15.5. The standard InChI is InChI=1S/C12H15N3O2S/c1-12(2,3)17-10(16)7-18-11-9(14)4-8(5-13)6-15-11/h4,6H,7,14H2,1-3H3. The van der Waals surface area contributed by atoms with Crippen molar-refractivity contribution in [3.63, 3.8) is 0 Å². The van der Waals surface area contributed by atoms with E-state index in [1.165, 1.54) is 24.0 Å². The van der Waals surface area contributed by atoms with E-state index in [2.05, 4.69) is 4.98 Å². The number of nitrogens with zero attached hydrogens (tertiary/aromatic N) is 2. The van der Waals surface area contributed by atoms with Crippen LogP contribution in [-0.2, 0) is 9.53 Å². The molecule has 5 nitrogen and oxygen atoms in total. The molecule has 18 heavy (non-hydrogen) atoms. The predicted molar refractivity (Wildman–Crippen MR) is 69.9 cm³/mol. The molecular weight excluding hydrogens is 250 g/mol. The monoisotopic (exact) mass is 265 g/mol. The van der Waals surface area contributed by atoms with E-state index >= 15 is 0 Å². The number of aromatic nitrogens is 1. The number of nitriles is 1. The molecule has 0 bridgehead atoms. The minimum atomic E-state index is -0.499. The molecule has 2 N–H and O–H groups in total. The van der Waals surface area contributed by atoms with Crippen molar-refractivity contribution in [2.75, 3.05) is 11.5 Å². The van der Waals surface area contributed by atoms with Crippen molar-refractivity contribution in [1.82, 2.24) is 4.98 Å². The number of ether oxygens (including phenoxy) is 1. The Labute approximate surface area is 110 Å². The highest BCUT2D eigenvalue weighted by Crippen LogP contribution is 2.23. The van der Waals surface area contributed by atoms with Crippen molar-refractivity contribution in [2.45, 2.75) is 31.4 Å². The van der Waals surface area contributed by atoms with E-state index < -0.39 is 5.60 Å². The van der Waals surface area contributed by atoms with Crippen LogP contribution in [-0.4, -0.2) is 22.3 Å². The zero-order chi connectivity index (χ0) is 13.8. The molecule has 0 aliphatic carbocycles. The molecule has 0 fully saturated rings. The molecule has 0 amide bonds. The third kappa shape index (κ3) is 4.63. The van der Waals surface area contributed by atoms with E-state index in [1.807, 2.05) is 26.8 Å². The van der Waals surface area contributed by atoms with Crippen LogP contribution in [0.2, 0.25) is 0 Å². The Balaban J connectivity index is 2.59. The number of carbonyl (C=O) groups excluding carboxylic acids is 1. The Kier molecular flexibility index (Phi) is 4.56. The molecule has 0 spiro atoms. The number of pyridine rings is 1. The first kappa shape index (κ1) is 14.3. The summed E-state index contributed by atoms with van der Waals surface area (Å²) in [5, 5.41) is 9.20. The molecule has 96 valence electrons. The molecule has 0 saturated carbocycles. The van der Waals surface area contributed by atoms with Crippen LogP contribution in [0.3, 0.4) is 0 Å². The molecule has 0 unspecified atom stereocenters. The van der Waals surface area contributed by atoms with Gasteiger partial charge in [0.1, 0.15) is 16.7 Å². The Morgan fingerprint density at radius 2 is 2.28 bits per heavy atom. The molecule has 0 aliphatic rings. The summed E-state index contributed by atoms with van der Waals surface area (Å²) in [7, 11) is 0. The lowest BCUT2D eigenvalue weighted by atomic mass is 10.2. The van der Waals surface area contributed by atoms with E-state index in [4.69, 9.17) is 15.7 Å². The van der Waals surface area contributed by atoms with E-state index in [1.54, 1.807) is 0 Å². The number of hydrogen-bond donors (Lipinski definition) is 1. The molecule has 0 radical (unpaired) electrons. The second kappa shape index (κ2) is 5.74. The van der Waals surface area contributed by atoms with E-state index in [0.29, 0.717) is 16.3 Å². The average molecular weight is 265 g/mol. The van der Waals surface area contributed by atoms with Gasteiger partial charge < -0.3 is 10.5 Å². The minimum absolute atomic E-state index is 0.139. The summed E-state index contributed by atoms with van der Waals surface area (Å²) >= 11 is 1.19. The van der Waals surface area contributed by atoms with Crippen LogP contribution in [0.25, 0.3) is 0 Å². The maximum Gasteiger partial charge on any atom is 0.316 e. The van der Waals surface area contributed by atoms with Gasteiger partial charge in [-0.2, -0.15) is 5.26 Å². The number of esters is 1. The number of nitrogens with two attached hydrogens (primary N) is 1. The van der Waals surface area contributed by atoms with E-state index in [9.17, 15) is 4.79 Å². The number of hydrogen-bond acceptors (Lipinski definition) is 6. The molecule has 0 saturated heterocycles. The second-order valence-corrected chi connectivity index (χ2v) is 5.57. The van der Waals surface area contributed by atoms with Gasteiger partial charge in [-0.15, -0.1) is 0 Å². The van der Waals surface area contributed by atoms with Crippen LogP contribution in [0.15, 0.2) is 17.3 Å². The first-order valence-electron chi connectivity index (χ1n) is 5.32. The molecular formula is C12H15N3O2S. The lowest BCUT2D eigenvalue weighted by Gasteiger charge is -2.19. The van der Waals surface area contributed by atoms with Crippen LogP contribution in [0.1, 0.15) is 26.3 Å². The van der Waals surface area contributed by atoms with Crippen molar-refractivity contribution in [3.05, 3.63) is 17.8 Å². The summed E-state index contributed by atoms with van der Waals surface area (Å²) in [6.07, 6.45) is 1.42. The summed E-state index contributed by atoms with van der Waals surface area (Å²) in [5.41, 5.74) is 6.01. The van der Waals surface area contributed by atoms with Gasteiger partial charge in [0, 0.05) is 6.20 Å². The lowest BCUT2D eigenvalue weighted by Crippen LogP contribution is -2.24. The molecule has 0 atom stereocenters. The highest BCUT2D eigenvalue weighted by molar-refractivity contribution is 8.00. The molecule has 1 aromatic heterocycles. The number of nitrogen functional groups attached to an aromatic ring is 1. The van der Waals surface area contributed by atoms with Gasteiger partial charge in [0.15, 0.2) is 0 Å². The van der Waals surface area contributed by atoms with Crippen LogP contribution in [0.4, 0.5) is 5.69 Å². The predicted octanol–water partition coefficient (Wildman–Crippen LogP) is 1.97. The minimum Gasteiger partial charge on any atom is -0.459 e. The third-order valence-corrected chi connectivity index (χ3v) is 2.75. The maximum atomic E-state index is 11.5. The Morgan fingerprint density at radius 1 is 1.61 bits per heavy atom. The fraction of sp³-hybridized carbons (Fsp3) is 0.417. The van der Waals surface area contributed by atoms with Crippen molar-refractivity contribution >= 4 is 23.4 Å². The smallest absolute Gasteiger partial charge is 0.316 e. The topological polar surface area (TPSA) is 89.0 Å². The van der Waals surface area contributed by atoms with Gasteiger partial charge in [0.25, 0.3) is 0 Å². The molecule has 1 heterocycles. The zero-order valence-corrected chi connectivity index (χ0v) is 11.4. The first-order chi connectivity index (χ1) is 8.31. The number of rotatable bonds is 3. The number of thioether (sulfide) groups is 1. The highest BCUT2D eigenvalue weighted by atomic mass is 32.2. The zero-order valence-electron chi connectivity index (χ0n) is 10.6. The summed E-state index contributed by atoms with van der Waals surface area (Å²) < 4.78 is 5.16. The molecule has 0 aromatic carbocycles. The van der Waals surface area contributed by atoms with E-state index in [0.717, 1.165) is 0 Å². The lowest BCUT2D eigenvalue weighted by molar-refractivity contribution is -0.151. The van der Waals surface area contributed by atoms with Crippen molar-refractivity contribution in [1.29, 1.82) is 5.26 Å². The Hall–Kier alpha value is -1.74. The molecule has 0 aliphatic heterocycles. The van der Waals surface area contributed by atoms with Crippen molar-refractivity contribution < 1.29 is 9.53 Å². The van der Waals surface area contributed by atoms with Gasteiger partial charge in [-0.05, 0) is 26.8 Å². The van der Waals surface area contributed by atoms with Crippen LogP contribution in [0, 0.1) is 11.3 Å². The Morgan fingerprint density at radius 3 is 2.78 bits per heavy atom. The van der Waals surface area contributed by atoms with Crippen LogP contribution < -0.4 is 5.73 Å². The van der Waals surface area contributed by atoms with Gasteiger partial charge in [-0.1, -0.05) is 11.8 Å². The van der Waals surface area contributed by atoms with Gasteiger partial charge in [-0.25, -0.2) is 4.98 Å². The summed E-state index contributed by atoms with van der Waals surface area (Å²) in [6.45, 7) is 5.43.